The number of amides is 1. The van der Waals surface area contributed by atoms with Gasteiger partial charge in [0.2, 0.25) is 0 Å². The summed E-state index contributed by atoms with van der Waals surface area (Å²) < 4.78 is 5.44. The van der Waals surface area contributed by atoms with Gasteiger partial charge in [-0.25, -0.2) is 4.79 Å². The van der Waals surface area contributed by atoms with Crippen molar-refractivity contribution in [1.29, 1.82) is 0 Å². The molecule has 2 aromatic rings. The number of carboxylic acids is 2. The molecule has 2 atom stereocenters. The van der Waals surface area contributed by atoms with E-state index < -0.39 is 29.6 Å². The zero-order chi connectivity index (χ0) is 24.9. The minimum absolute atomic E-state index is 0.0749. The van der Waals surface area contributed by atoms with Crippen molar-refractivity contribution >= 4 is 18.0 Å². The van der Waals surface area contributed by atoms with E-state index in [1.54, 1.807) is 4.90 Å². The predicted molar refractivity (Wildman–Crippen MR) is 129 cm³/mol. The summed E-state index contributed by atoms with van der Waals surface area (Å²) in [4.78, 5) is 37.0. The van der Waals surface area contributed by atoms with E-state index in [-0.39, 0.29) is 12.3 Å². The number of ether oxygens (including phenoxy) is 1. The highest BCUT2D eigenvalue weighted by Gasteiger charge is 2.37. The average molecular weight is 468 g/mol. The summed E-state index contributed by atoms with van der Waals surface area (Å²) in [6.07, 6.45) is 1.13. The normalized spacial score (nSPS) is 16.8. The third kappa shape index (κ3) is 7.07. The first kappa shape index (κ1) is 25.3. The number of aliphatic carboxylic acids is 2. The fraction of sp³-hybridized carbons (Fsp3) is 0.444. The van der Waals surface area contributed by atoms with E-state index in [4.69, 9.17) is 9.84 Å². The Morgan fingerprint density at radius 1 is 1.03 bits per heavy atom. The minimum Gasteiger partial charge on any atom is -0.481 e. The maximum atomic E-state index is 12.4. The topological polar surface area (TPSA) is 104 Å². The van der Waals surface area contributed by atoms with Crippen LogP contribution in [0.3, 0.4) is 0 Å². The summed E-state index contributed by atoms with van der Waals surface area (Å²) in [7, 11) is 0. The Labute approximate surface area is 200 Å². The fourth-order valence-corrected chi connectivity index (χ4v) is 4.35. The number of nitrogens with zero attached hydrogens (tertiary/aromatic N) is 1. The molecule has 7 heteroatoms. The Morgan fingerprint density at radius 2 is 1.65 bits per heavy atom. The Bertz CT molecular complexity index is 1040. The SMILES string of the molecule is CC(C)(C)OC(=O)N1CC[C@H]([C@H](Cc2cccc(-c3cccc(CCC(=O)O)c3)c2)C(=O)O)C1. The van der Waals surface area contributed by atoms with Crippen LogP contribution in [0.15, 0.2) is 48.5 Å². The predicted octanol–water partition coefficient (Wildman–Crippen LogP) is 4.87. The van der Waals surface area contributed by atoms with Crippen molar-refractivity contribution in [2.45, 2.75) is 52.1 Å². The van der Waals surface area contributed by atoms with Gasteiger partial charge in [0.25, 0.3) is 0 Å². The van der Waals surface area contributed by atoms with Crippen molar-refractivity contribution in [3.8, 4) is 11.1 Å². The Kier molecular flexibility index (Phi) is 7.97. The van der Waals surface area contributed by atoms with Crippen molar-refractivity contribution < 1.29 is 29.3 Å². The highest BCUT2D eigenvalue weighted by molar-refractivity contribution is 5.73. The second-order valence-electron chi connectivity index (χ2n) is 9.92. The fourth-order valence-electron chi connectivity index (χ4n) is 4.35. The van der Waals surface area contributed by atoms with Crippen LogP contribution in [0.25, 0.3) is 11.1 Å². The summed E-state index contributed by atoms with van der Waals surface area (Å²) in [5.41, 5.74) is 3.19. The van der Waals surface area contributed by atoms with Crippen LogP contribution in [0.5, 0.6) is 0 Å². The standard InChI is InChI=1S/C27H33NO6/c1-27(2,3)34-26(33)28-13-12-22(17-28)23(25(31)32)16-19-7-5-9-21(15-19)20-8-4-6-18(14-20)10-11-24(29)30/h4-9,14-15,22-23H,10-13,16-17H2,1-3H3,(H,29,30)(H,31,32)/t22-,23-/m0/s1. The van der Waals surface area contributed by atoms with Crippen LogP contribution < -0.4 is 0 Å². The monoisotopic (exact) mass is 467 g/mol. The number of benzene rings is 2. The van der Waals surface area contributed by atoms with Gasteiger partial charge in [-0.15, -0.1) is 0 Å². The molecule has 2 aromatic carbocycles. The molecule has 1 heterocycles. The average Bonchev–Trinajstić information content (AvgIpc) is 3.25. The highest BCUT2D eigenvalue weighted by Crippen LogP contribution is 2.30. The maximum absolute atomic E-state index is 12.4. The summed E-state index contributed by atoms with van der Waals surface area (Å²) >= 11 is 0. The van der Waals surface area contributed by atoms with Gasteiger partial charge in [0.15, 0.2) is 0 Å². The van der Waals surface area contributed by atoms with Crippen molar-refractivity contribution in [2.75, 3.05) is 13.1 Å². The van der Waals surface area contributed by atoms with E-state index in [0.717, 1.165) is 22.3 Å². The van der Waals surface area contributed by atoms with E-state index in [2.05, 4.69) is 0 Å². The molecule has 182 valence electrons. The molecule has 34 heavy (non-hydrogen) atoms. The van der Waals surface area contributed by atoms with Gasteiger partial charge in [0, 0.05) is 19.5 Å². The first-order valence-electron chi connectivity index (χ1n) is 11.6. The van der Waals surface area contributed by atoms with Crippen LogP contribution in [0.2, 0.25) is 0 Å². The van der Waals surface area contributed by atoms with Gasteiger partial charge in [-0.3, -0.25) is 9.59 Å². The first-order valence-corrected chi connectivity index (χ1v) is 11.6. The smallest absolute Gasteiger partial charge is 0.410 e. The minimum atomic E-state index is -0.864. The summed E-state index contributed by atoms with van der Waals surface area (Å²) in [6.45, 7) is 6.30. The molecule has 0 saturated carbocycles. The van der Waals surface area contributed by atoms with Crippen LogP contribution >= 0.6 is 0 Å². The van der Waals surface area contributed by atoms with E-state index in [1.165, 1.54) is 0 Å². The number of hydrogen-bond donors (Lipinski definition) is 2. The van der Waals surface area contributed by atoms with Gasteiger partial charge in [0.1, 0.15) is 5.60 Å². The number of hydrogen-bond acceptors (Lipinski definition) is 4. The largest absolute Gasteiger partial charge is 0.481 e. The van der Waals surface area contributed by atoms with Crippen LogP contribution in [0.1, 0.15) is 44.7 Å². The van der Waals surface area contributed by atoms with Gasteiger partial charge in [-0.05, 0) is 68.2 Å². The van der Waals surface area contributed by atoms with Crippen LogP contribution in [0, 0.1) is 11.8 Å². The molecule has 0 unspecified atom stereocenters. The molecule has 1 aliphatic heterocycles. The Hall–Kier alpha value is -3.35. The molecule has 0 aliphatic carbocycles. The summed E-state index contributed by atoms with van der Waals surface area (Å²) in [5.74, 6) is -2.45. The van der Waals surface area contributed by atoms with Gasteiger partial charge in [0.05, 0.1) is 5.92 Å². The second kappa shape index (κ2) is 10.7. The molecule has 0 aromatic heterocycles. The van der Waals surface area contributed by atoms with Gasteiger partial charge < -0.3 is 19.8 Å². The van der Waals surface area contributed by atoms with Crippen LogP contribution in [-0.2, 0) is 27.2 Å². The van der Waals surface area contributed by atoms with E-state index in [0.29, 0.717) is 32.4 Å². The third-order valence-corrected chi connectivity index (χ3v) is 6.03. The van der Waals surface area contributed by atoms with Gasteiger partial charge >= 0.3 is 18.0 Å². The zero-order valence-corrected chi connectivity index (χ0v) is 20.0. The molecule has 1 saturated heterocycles. The third-order valence-electron chi connectivity index (χ3n) is 6.03. The lowest BCUT2D eigenvalue weighted by Gasteiger charge is -2.25. The lowest BCUT2D eigenvalue weighted by atomic mass is 9.85. The molecule has 0 spiro atoms. The maximum Gasteiger partial charge on any atom is 0.410 e. The first-order chi connectivity index (χ1) is 16.0. The second-order valence-corrected chi connectivity index (χ2v) is 9.92. The van der Waals surface area contributed by atoms with E-state index in [9.17, 15) is 19.5 Å². The highest BCUT2D eigenvalue weighted by atomic mass is 16.6. The number of carbonyl (C=O) groups is 3. The number of rotatable bonds is 8. The summed E-state index contributed by atoms with van der Waals surface area (Å²) in [5, 5.41) is 18.9. The van der Waals surface area contributed by atoms with E-state index in [1.807, 2.05) is 69.3 Å². The molecule has 1 amide bonds. The van der Waals surface area contributed by atoms with E-state index >= 15 is 0 Å². The molecule has 1 fully saturated rings. The number of likely N-dealkylation sites (tertiary alicyclic amines) is 1. The molecular weight excluding hydrogens is 434 g/mol. The van der Waals surface area contributed by atoms with Crippen LogP contribution in [0.4, 0.5) is 4.79 Å². The summed E-state index contributed by atoms with van der Waals surface area (Å²) in [6, 6.07) is 15.6. The van der Waals surface area contributed by atoms with Gasteiger partial charge in [-0.2, -0.15) is 0 Å². The number of aryl methyl sites for hydroxylation is 1. The van der Waals surface area contributed by atoms with Gasteiger partial charge in [-0.1, -0.05) is 48.5 Å². The van der Waals surface area contributed by atoms with Crippen molar-refractivity contribution in [2.24, 2.45) is 11.8 Å². The number of carboxylic acid groups (broad SMARTS) is 2. The Balaban J connectivity index is 1.71. The quantitative estimate of drug-likeness (QED) is 0.574. The lowest BCUT2D eigenvalue weighted by Crippen LogP contribution is -2.36. The molecular formula is C27H33NO6. The molecule has 1 aliphatic rings. The van der Waals surface area contributed by atoms with Crippen molar-refractivity contribution in [3.63, 3.8) is 0 Å². The van der Waals surface area contributed by atoms with Crippen LogP contribution in [-0.4, -0.2) is 51.8 Å². The van der Waals surface area contributed by atoms with Crippen molar-refractivity contribution in [1.82, 2.24) is 4.90 Å². The molecule has 2 N–H and O–H groups in total. The molecule has 0 bridgehead atoms. The molecule has 7 nitrogen and oxygen atoms in total. The number of carbonyl (C=O) groups excluding carboxylic acids is 1. The molecule has 0 radical (unpaired) electrons. The zero-order valence-electron chi connectivity index (χ0n) is 20.0. The Morgan fingerprint density at radius 3 is 2.24 bits per heavy atom. The lowest BCUT2D eigenvalue weighted by molar-refractivity contribution is -0.143. The van der Waals surface area contributed by atoms with Crippen molar-refractivity contribution in [3.05, 3.63) is 59.7 Å². The molecule has 3 rings (SSSR count).